The van der Waals surface area contributed by atoms with Gasteiger partial charge in [-0.2, -0.15) is 0 Å². The lowest BCUT2D eigenvalue weighted by Crippen LogP contribution is -2.39. The van der Waals surface area contributed by atoms with Crippen LogP contribution in [0.2, 0.25) is 0 Å². The summed E-state index contributed by atoms with van der Waals surface area (Å²) in [4.78, 5) is 4.27. The Morgan fingerprint density at radius 1 is 1.35 bits per heavy atom. The summed E-state index contributed by atoms with van der Waals surface area (Å²) in [6.45, 7) is 2.25. The highest BCUT2D eigenvalue weighted by atomic mass is 32.1. The van der Waals surface area contributed by atoms with E-state index < -0.39 is 0 Å². The summed E-state index contributed by atoms with van der Waals surface area (Å²) in [7, 11) is 0. The summed E-state index contributed by atoms with van der Waals surface area (Å²) in [5.74, 6) is 0. The van der Waals surface area contributed by atoms with Crippen LogP contribution in [0.25, 0.3) is 0 Å². The normalized spacial score (nSPS) is 19.4. The van der Waals surface area contributed by atoms with E-state index in [1.807, 2.05) is 5.51 Å². The molecule has 1 saturated carbocycles. The monoisotopic (exact) mass is 254 g/mol. The number of thiazole rings is 1. The van der Waals surface area contributed by atoms with E-state index in [2.05, 4.69) is 15.7 Å². The molecule has 0 unspecified atom stereocenters. The number of aliphatic hydroxyl groups is 1. The molecule has 2 rings (SSSR count). The first-order chi connectivity index (χ1) is 8.35. The lowest BCUT2D eigenvalue weighted by molar-refractivity contribution is 0.0816. The van der Waals surface area contributed by atoms with Gasteiger partial charge < -0.3 is 10.4 Å². The molecule has 0 bridgehead atoms. The molecular weight excluding hydrogens is 232 g/mol. The van der Waals surface area contributed by atoms with Crippen LogP contribution in [0.1, 0.15) is 37.8 Å². The number of hydrogen-bond donors (Lipinski definition) is 2. The molecule has 1 aromatic rings. The van der Waals surface area contributed by atoms with Crippen LogP contribution in [-0.4, -0.2) is 29.8 Å². The maximum absolute atomic E-state index is 9.57. The van der Waals surface area contributed by atoms with Gasteiger partial charge in [0, 0.05) is 36.9 Å². The van der Waals surface area contributed by atoms with Gasteiger partial charge in [-0.1, -0.05) is 19.3 Å². The van der Waals surface area contributed by atoms with Gasteiger partial charge in [0.15, 0.2) is 0 Å². The molecular formula is C13H22N2OS. The van der Waals surface area contributed by atoms with E-state index in [-0.39, 0.29) is 5.41 Å². The Kier molecular flexibility index (Phi) is 4.95. The average molecular weight is 254 g/mol. The van der Waals surface area contributed by atoms with E-state index in [9.17, 15) is 5.11 Å². The van der Waals surface area contributed by atoms with Crippen LogP contribution in [0, 0.1) is 5.41 Å². The molecule has 0 atom stereocenters. The van der Waals surface area contributed by atoms with E-state index in [1.165, 1.54) is 37.8 Å². The Morgan fingerprint density at radius 3 is 2.82 bits per heavy atom. The van der Waals surface area contributed by atoms with Gasteiger partial charge in [0.2, 0.25) is 0 Å². The molecule has 1 fully saturated rings. The molecule has 1 aliphatic carbocycles. The molecule has 0 aliphatic heterocycles. The molecule has 0 aromatic carbocycles. The molecule has 3 nitrogen and oxygen atoms in total. The van der Waals surface area contributed by atoms with E-state index in [0.29, 0.717) is 6.61 Å². The van der Waals surface area contributed by atoms with Gasteiger partial charge in [-0.25, -0.2) is 4.98 Å². The van der Waals surface area contributed by atoms with Crippen molar-refractivity contribution in [3.63, 3.8) is 0 Å². The van der Waals surface area contributed by atoms with Crippen LogP contribution in [0.3, 0.4) is 0 Å². The number of aliphatic hydroxyl groups excluding tert-OH is 1. The first-order valence-corrected chi connectivity index (χ1v) is 7.48. The molecule has 17 heavy (non-hydrogen) atoms. The fourth-order valence-electron chi connectivity index (χ4n) is 2.62. The second-order valence-corrected chi connectivity index (χ2v) is 5.84. The second kappa shape index (κ2) is 6.47. The predicted molar refractivity (Wildman–Crippen MR) is 71.3 cm³/mol. The highest BCUT2D eigenvalue weighted by Gasteiger charge is 2.30. The molecule has 0 spiro atoms. The summed E-state index contributed by atoms with van der Waals surface area (Å²) < 4.78 is 0. The van der Waals surface area contributed by atoms with Crippen molar-refractivity contribution in [2.24, 2.45) is 5.41 Å². The zero-order valence-electron chi connectivity index (χ0n) is 10.3. The zero-order valence-corrected chi connectivity index (χ0v) is 11.1. The molecule has 1 heterocycles. The van der Waals surface area contributed by atoms with Crippen molar-refractivity contribution >= 4 is 11.3 Å². The Bertz CT molecular complexity index is 307. The zero-order chi connectivity index (χ0) is 12.0. The number of nitrogens with zero attached hydrogens (tertiary/aromatic N) is 1. The summed E-state index contributed by atoms with van der Waals surface area (Å²) in [5, 5.41) is 15.2. The van der Waals surface area contributed by atoms with E-state index in [4.69, 9.17) is 0 Å². The average Bonchev–Trinajstić information content (AvgIpc) is 2.89. The van der Waals surface area contributed by atoms with Crippen LogP contribution in [0.4, 0.5) is 0 Å². The van der Waals surface area contributed by atoms with Gasteiger partial charge in [0.1, 0.15) is 0 Å². The van der Waals surface area contributed by atoms with Gasteiger partial charge in [-0.15, -0.1) is 11.3 Å². The van der Waals surface area contributed by atoms with Gasteiger partial charge in [0.25, 0.3) is 0 Å². The Balaban J connectivity index is 1.69. The van der Waals surface area contributed by atoms with Crippen molar-refractivity contribution in [2.45, 2.75) is 38.5 Å². The molecule has 96 valence electrons. The van der Waals surface area contributed by atoms with Crippen molar-refractivity contribution < 1.29 is 5.11 Å². The lowest BCUT2D eigenvalue weighted by Gasteiger charge is -2.35. The Morgan fingerprint density at radius 2 is 2.18 bits per heavy atom. The third kappa shape index (κ3) is 3.76. The molecule has 0 amide bonds. The molecule has 1 aliphatic rings. The van der Waals surface area contributed by atoms with E-state index in [0.717, 1.165) is 19.5 Å². The minimum Gasteiger partial charge on any atom is -0.396 e. The Labute approximate surface area is 107 Å². The van der Waals surface area contributed by atoms with Crippen molar-refractivity contribution in [2.75, 3.05) is 19.7 Å². The van der Waals surface area contributed by atoms with Gasteiger partial charge in [0.05, 0.1) is 11.2 Å². The maximum atomic E-state index is 9.57. The third-order valence-corrected chi connectivity index (χ3v) is 4.43. The van der Waals surface area contributed by atoms with Gasteiger partial charge in [-0.3, -0.25) is 0 Å². The summed E-state index contributed by atoms with van der Waals surface area (Å²) in [6, 6.07) is 0. The second-order valence-electron chi connectivity index (χ2n) is 5.13. The highest BCUT2D eigenvalue weighted by Crippen LogP contribution is 2.35. The number of hydrogen-bond acceptors (Lipinski definition) is 4. The van der Waals surface area contributed by atoms with Gasteiger partial charge in [-0.05, 0) is 12.8 Å². The number of rotatable bonds is 6. The maximum Gasteiger partial charge on any atom is 0.0794 e. The first kappa shape index (κ1) is 13.0. The quantitative estimate of drug-likeness (QED) is 0.765. The van der Waals surface area contributed by atoms with Crippen LogP contribution < -0.4 is 5.32 Å². The largest absolute Gasteiger partial charge is 0.396 e. The summed E-state index contributed by atoms with van der Waals surface area (Å²) >= 11 is 1.65. The molecule has 4 heteroatoms. The van der Waals surface area contributed by atoms with Crippen molar-refractivity contribution in [3.05, 3.63) is 16.6 Å². The van der Waals surface area contributed by atoms with Crippen molar-refractivity contribution in [3.8, 4) is 0 Å². The summed E-state index contributed by atoms with van der Waals surface area (Å²) in [6.07, 6.45) is 7.22. The van der Waals surface area contributed by atoms with Crippen LogP contribution in [0.5, 0.6) is 0 Å². The summed E-state index contributed by atoms with van der Waals surface area (Å²) in [5.41, 5.74) is 3.20. The highest BCUT2D eigenvalue weighted by molar-refractivity contribution is 7.07. The van der Waals surface area contributed by atoms with Crippen LogP contribution >= 0.6 is 11.3 Å². The third-order valence-electron chi connectivity index (χ3n) is 3.79. The Hall–Kier alpha value is -0.450. The first-order valence-electron chi connectivity index (χ1n) is 6.53. The van der Waals surface area contributed by atoms with Crippen molar-refractivity contribution in [1.82, 2.24) is 10.3 Å². The molecule has 2 N–H and O–H groups in total. The molecule has 1 aromatic heterocycles. The SMILES string of the molecule is OCC1(CNCCc2cscn2)CCCCC1. The smallest absolute Gasteiger partial charge is 0.0794 e. The fourth-order valence-corrected chi connectivity index (χ4v) is 3.22. The fraction of sp³-hybridized carbons (Fsp3) is 0.769. The number of nitrogens with one attached hydrogen (secondary N) is 1. The minimum absolute atomic E-state index is 0.153. The van der Waals surface area contributed by atoms with E-state index >= 15 is 0 Å². The lowest BCUT2D eigenvalue weighted by atomic mass is 9.74. The minimum atomic E-state index is 0.153. The van der Waals surface area contributed by atoms with Gasteiger partial charge >= 0.3 is 0 Å². The predicted octanol–water partition coefficient (Wildman–Crippen LogP) is 2.22. The number of aromatic nitrogens is 1. The standard InChI is InChI=1S/C13H22N2OS/c16-10-13(5-2-1-3-6-13)9-14-7-4-12-8-17-11-15-12/h8,11,14,16H,1-7,9-10H2. The van der Waals surface area contributed by atoms with E-state index in [1.54, 1.807) is 11.3 Å². The molecule has 0 radical (unpaired) electrons. The van der Waals surface area contributed by atoms with Crippen LogP contribution in [-0.2, 0) is 6.42 Å². The topological polar surface area (TPSA) is 45.1 Å². The molecule has 0 saturated heterocycles. The van der Waals surface area contributed by atoms with Crippen LogP contribution in [0.15, 0.2) is 10.9 Å². The van der Waals surface area contributed by atoms with Crippen molar-refractivity contribution in [1.29, 1.82) is 0 Å².